The van der Waals surface area contributed by atoms with Gasteiger partial charge in [-0.05, 0) is 12.1 Å². The minimum atomic E-state index is -0.413. The zero-order valence-electron chi connectivity index (χ0n) is 7.57. The molecule has 1 heterocycles. The zero-order valence-corrected chi connectivity index (χ0v) is 7.57. The van der Waals surface area contributed by atoms with Crippen molar-refractivity contribution in [2.45, 2.75) is 0 Å². The summed E-state index contributed by atoms with van der Waals surface area (Å²) in [7, 11) is 1.33. The Morgan fingerprint density at radius 2 is 2.36 bits per heavy atom. The maximum absolute atomic E-state index is 11.4. The fourth-order valence-corrected chi connectivity index (χ4v) is 1.38. The molecule has 0 saturated heterocycles. The quantitative estimate of drug-likeness (QED) is 0.657. The molecule has 5 nitrogen and oxygen atoms in total. The number of carbonyl (C=O) groups is 1. The van der Waals surface area contributed by atoms with Gasteiger partial charge in [0, 0.05) is 0 Å². The average molecular weight is 191 g/mol. The first-order valence-electron chi connectivity index (χ1n) is 4.05. The molecule has 0 amide bonds. The van der Waals surface area contributed by atoms with Crippen LogP contribution in [-0.4, -0.2) is 23.3 Å². The second kappa shape index (κ2) is 3.02. The van der Waals surface area contributed by atoms with Crippen molar-refractivity contribution in [1.82, 2.24) is 10.2 Å². The molecule has 0 spiro atoms. The fraction of sp³-hybridized carbons (Fsp3) is 0.111. The summed E-state index contributed by atoms with van der Waals surface area (Å²) in [6, 6.07) is 5.19. The Morgan fingerprint density at radius 3 is 3.07 bits per heavy atom. The molecule has 2 rings (SSSR count). The summed E-state index contributed by atoms with van der Waals surface area (Å²) in [6.45, 7) is 0. The van der Waals surface area contributed by atoms with Gasteiger partial charge in [0.05, 0.1) is 23.6 Å². The SMILES string of the molecule is COC(=O)c1cccc2[nH]nc(N)c12. The van der Waals surface area contributed by atoms with Crippen LogP contribution in [0.3, 0.4) is 0 Å². The van der Waals surface area contributed by atoms with Crippen LogP contribution in [0.5, 0.6) is 0 Å². The van der Waals surface area contributed by atoms with Gasteiger partial charge < -0.3 is 10.5 Å². The predicted molar refractivity (Wildman–Crippen MR) is 51.8 cm³/mol. The molecule has 3 N–H and O–H groups in total. The largest absolute Gasteiger partial charge is 0.465 e. The van der Waals surface area contributed by atoms with Gasteiger partial charge in [-0.2, -0.15) is 5.10 Å². The highest BCUT2D eigenvalue weighted by atomic mass is 16.5. The van der Waals surface area contributed by atoms with Crippen LogP contribution in [0.25, 0.3) is 10.9 Å². The zero-order chi connectivity index (χ0) is 10.1. The van der Waals surface area contributed by atoms with E-state index in [0.717, 1.165) is 5.52 Å². The molecule has 0 aliphatic heterocycles. The number of aromatic nitrogens is 2. The van der Waals surface area contributed by atoms with Crippen LogP contribution in [0, 0.1) is 0 Å². The highest BCUT2D eigenvalue weighted by Crippen LogP contribution is 2.22. The minimum absolute atomic E-state index is 0.306. The van der Waals surface area contributed by atoms with Crippen molar-refractivity contribution in [3.63, 3.8) is 0 Å². The Hall–Kier alpha value is -2.04. The van der Waals surface area contributed by atoms with Crippen molar-refractivity contribution in [1.29, 1.82) is 0 Å². The van der Waals surface area contributed by atoms with Crippen LogP contribution < -0.4 is 5.73 Å². The van der Waals surface area contributed by atoms with E-state index in [1.165, 1.54) is 7.11 Å². The van der Waals surface area contributed by atoms with Gasteiger partial charge in [0.2, 0.25) is 0 Å². The molecule has 14 heavy (non-hydrogen) atoms. The number of anilines is 1. The van der Waals surface area contributed by atoms with Crippen LogP contribution in [-0.2, 0) is 4.74 Å². The molecular weight excluding hydrogens is 182 g/mol. The third-order valence-corrected chi connectivity index (χ3v) is 2.02. The highest BCUT2D eigenvalue weighted by Gasteiger charge is 2.13. The van der Waals surface area contributed by atoms with Crippen molar-refractivity contribution >= 4 is 22.7 Å². The molecule has 2 aromatic rings. The first-order chi connectivity index (χ1) is 6.74. The van der Waals surface area contributed by atoms with Crippen molar-refractivity contribution in [3.8, 4) is 0 Å². The van der Waals surface area contributed by atoms with Gasteiger partial charge >= 0.3 is 5.97 Å². The van der Waals surface area contributed by atoms with Crippen LogP contribution in [0.2, 0.25) is 0 Å². The Kier molecular flexibility index (Phi) is 1.85. The number of methoxy groups -OCH3 is 1. The molecule has 1 aromatic heterocycles. The number of carbonyl (C=O) groups excluding carboxylic acids is 1. The van der Waals surface area contributed by atoms with Crippen molar-refractivity contribution in [2.75, 3.05) is 12.8 Å². The van der Waals surface area contributed by atoms with E-state index < -0.39 is 5.97 Å². The van der Waals surface area contributed by atoms with E-state index >= 15 is 0 Å². The number of ether oxygens (including phenoxy) is 1. The second-order valence-electron chi connectivity index (χ2n) is 2.83. The van der Waals surface area contributed by atoms with E-state index in [1.54, 1.807) is 18.2 Å². The fourth-order valence-electron chi connectivity index (χ4n) is 1.38. The van der Waals surface area contributed by atoms with Gasteiger partial charge in [-0.1, -0.05) is 6.07 Å². The molecule has 0 atom stereocenters. The first kappa shape index (κ1) is 8.55. The molecule has 0 radical (unpaired) electrons. The lowest BCUT2D eigenvalue weighted by molar-refractivity contribution is 0.0603. The molecule has 0 fully saturated rings. The third-order valence-electron chi connectivity index (χ3n) is 2.02. The first-order valence-corrected chi connectivity index (χ1v) is 4.05. The van der Waals surface area contributed by atoms with E-state index in [4.69, 9.17) is 5.73 Å². The maximum Gasteiger partial charge on any atom is 0.338 e. The minimum Gasteiger partial charge on any atom is -0.465 e. The maximum atomic E-state index is 11.4. The molecule has 1 aromatic carbocycles. The smallest absolute Gasteiger partial charge is 0.338 e. The van der Waals surface area contributed by atoms with Crippen molar-refractivity contribution in [2.24, 2.45) is 0 Å². The van der Waals surface area contributed by atoms with Gasteiger partial charge in [-0.3, -0.25) is 5.10 Å². The highest BCUT2D eigenvalue weighted by molar-refractivity contribution is 6.07. The van der Waals surface area contributed by atoms with Crippen LogP contribution in [0.15, 0.2) is 18.2 Å². The molecule has 72 valence electrons. The molecule has 0 bridgehead atoms. The van der Waals surface area contributed by atoms with Crippen LogP contribution >= 0.6 is 0 Å². The summed E-state index contributed by atoms with van der Waals surface area (Å²) in [4.78, 5) is 11.4. The number of esters is 1. The van der Waals surface area contributed by atoms with E-state index in [9.17, 15) is 4.79 Å². The number of nitrogens with two attached hydrogens (primary N) is 1. The second-order valence-corrected chi connectivity index (χ2v) is 2.83. The summed E-state index contributed by atoms with van der Waals surface area (Å²) in [6.07, 6.45) is 0. The standard InChI is InChI=1S/C9H9N3O2/c1-14-9(13)5-3-2-4-6-7(5)8(10)12-11-6/h2-4H,1H3,(H3,10,11,12). The molecule has 5 heteroatoms. The molecule has 0 unspecified atom stereocenters. The van der Waals surface area contributed by atoms with E-state index in [2.05, 4.69) is 14.9 Å². The van der Waals surface area contributed by atoms with Gasteiger partial charge in [0.25, 0.3) is 0 Å². The number of H-pyrrole nitrogens is 1. The Bertz CT molecular complexity index is 490. The van der Waals surface area contributed by atoms with E-state index in [-0.39, 0.29) is 0 Å². The van der Waals surface area contributed by atoms with Crippen molar-refractivity contribution in [3.05, 3.63) is 23.8 Å². The number of nitrogen functional groups attached to an aromatic ring is 1. The van der Waals surface area contributed by atoms with Gasteiger partial charge in [0.15, 0.2) is 5.82 Å². The van der Waals surface area contributed by atoms with Crippen LogP contribution in [0.1, 0.15) is 10.4 Å². The lowest BCUT2D eigenvalue weighted by Gasteiger charge is -2.00. The summed E-state index contributed by atoms with van der Waals surface area (Å²) in [5, 5.41) is 7.15. The number of hydrogen-bond acceptors (Lipinski definition) is 4. The van der Waals surface area contributed by atoms with Crippen LogP contribution in [0.4, 0.5) is 5.82 Å². The summed E-state index contributed by atoms with van der Waals surface area (Å²) in [5.41, 5.74) is 6.77. The molecule has 0 aliphatic carbocycles. The molecule has 0 aliphatic rings. The lowest BCUT2D eigenvalue weighted by Crippen LogP contribution is -2.02. The normalized spacial score (nSPS) is 10.4. The van der Waals surface area contributed by atoms with Crippen molar-refractivity contribution < 1.29 is 9.53 Å². The molecular formula is C9H9N3O2. The number of benzene rings is 1. The number of nitrogens with one attached hydrogen (secondary N) is 1. The number of aromatic amines is 1. The monoisotopic (exact) mass is 191 g/mol. The van der Waals surface area contributed by atoms with Gasteiger partial charge in [-0.25, -0.2) is 4.79 Å². The summed E-state index contributed by atoms with van der Waals surface area (Å²) >= 11 is 0. The predicted octanol–water partition coefficient (Wildman–Crippen LogP) is 0.932. The van der Waals surface area contributed by atoms with E-state index in [1.807, 2.05) is 0 Å². The number of hydrogen-bond donors (Lipinski definition) is 2. The lowest BCUT2D eigenvalue weighted by atomic mass is 10.1. The Morgan fingerprint density at radius 1 is 1.57 bits per heavy atom. The Balaban J connectivity index is 2.75. The third kappa shape index (κ3) is 1.10. The average Bonchev–Trinajstić information content (AvgIpc) is 2.59. The van der Waals surface area contributed by atoms with E-state index in [0.29, 0.717) is 16.8 Å². The Labute approximate surface area is 79.9 Å². The number of rotatable bonds is 1. The van der Waals surface area contributed by atoms with Gasteiger partial charge in [0.1, 0.15) is 0 Å². The summed E-state index contributed by atoms with van der Waals surface area (Å²) < 4.78 is 4.63. The number of fused-ring (bicyclic) bond motifs is 1. The summed E-state index contributed by atoms with van der Waals surface area (Å²) in [5.74, 6) is -0.107. The number of nitrogens with zero attached hydrogens (tertiary/aromatic N) is 1. The topological polar surface area (TPSA) is 81.0 Å². The molecule has 0 saturated carbocycles. The van der Waals surface area contributed by atoms with Gasteiger partial charge in [-0.15, -0.1) is 0 Å².